The topological polar surface area (TPSA) is 41.6 Å². The minimum atomic E-state index is -4.38. The Morgan fingerprint density at radius 1 is 1.00 bits per heavy atom. The minimum Gasteiger partial charge on any atom is -0.378 e. The maximum atomic E-state index is 12.5. The number of ether oxygens (including phenoxy) is 1. The fourth-order valence-corrected chi connectivity index (χ4v) is 2.78. The number of nitrogens with zero attached hydrogens (tertiary/aromatic N) is 1. The molecule has 1 heterocycles. The molecule has 4 nitrogen and oxygen atoms in total. The van der Waals surface area contributed by atoms with Gasteiger partial charge >= 0.3 is 6.18 Å². The van der Waals surface area contributed by atoms with Gasteiger partial charge in [0, 0.05) is 24.5 Å². The summed E-state index contributed by atoms with van der Waals surface area (Å²) in [4.78, 5) is 14.3. The monoisotopic (exact) mass is 364 g/mol. The molecule has 0 saturated carbocycles. The van der Waals surface area contributed by atoms with Gasteiger partial charge in [0.05, 0.1) is 25.2 Å². The molecule has 1 aliphatic rings. The first kappa shape index (κ1) is 18.3. The van der Waals surface area contributed by atoms with Crippen molar-refractivity contribution in [2.75, 3.05) is 36.5 Å². The molecule has 7 heteroatoms. The van der Waals surface area contributed by atoms with Crippen molar-refractivity contribution in [3.05, 3.63) is 59.7 Å². The molecule has 0 atom stereocenters. The van der Waals surface area contributed by atoms with E-state index in [9.17, 15) is 18.0 Å². The van der Waals surface area contributed by atoms with Gasteiger partial charge in [-0.15, -0.1) is 0 Å². The highest BCUT2D eigenvalue weighted by atomic mass is 19.4. The highest BCUT2D eigenvalue weighted by Gasteiger charge is 2.29. The number of morpholine rings is 1. The number of anilines is 2. The highest BCUT2D eigenvalue weighted by molar-refractivity contribution is 5.92. The van der Waals surface area contributed by atoms with Gasteiger partial charge < -0.3 is 15.0 Å². The number of hydrogen-bond acceptors (Lipinski definition) is 3. The fourth-order valence-electron chi connectivity index (χ4n) is 2.78. The largest absolute Gasteiger partial charge is 0.416 e. The number of amides is 1. The van der Waals surface area contributed by atoms with E-state index in [4.69, 9.17) is 4.74 Å². The second-order valence-electron chi connectivity index (χ2n) is 6.07. The van der Waals surface area contributed by atoms with Crippen molar-refractivity contribution in [3.63, 3.8) is 0 Å². The SMILES string of the molecule is O=C(Cc1ccc(N2CCOCC2)cc1)Nc1ccc(C(F)(F)F)cc1. The molecule has 3 rings (SSSR count). The Bertz CT molecular complexity index is 737. The Morgan fingerprint density at radius 2 is 1.62 bits per heavy atom. The first-order valence-electron chi connectivity index (χ1n) is 8.30. The maximum absolute atomic E-state index is 12.5. The van der Waals surface area contributed by atoms with Crippen LogP contribution in [-0.2, 0) is 22.1 Å². The van der Waals surface area contributed by atoms with E-state index in [0.717, 1.165) is 36.5 Å². The van der Waals surface area contributed by atoms with Gasteiger partial charge in [-0.3, -0.25) is 4.79 Å². The van der Waals surface area contributed by atoms with Crippen LogP contribution in [0.4, 0.5) is 24.5 Å². The summed E-state index contributed by atoms with van der Waals surface area (Å²) in [5.74, 6) is -0.274. The van der Waals surface area contributed by atoms with E-state index < -0.39 is 11.7 Å². The molecule has 1 aliphatic heterocycles. The summed E-state index contributed by atoms with van der Waals surface area (Å²) in [6.45, 7) is 3.09. The first-order valence-corrected chi connectivity index (χ1v) is 8.30. The summed E-state index contributed by atoms with van der Waals surface area (Å²) in [5.41, 5.74) is 1.52. The van der Waals surface area contributed by atoms with Crippen LogP contribution >= 0.6 is 0 Å². The molecule has 1 amide bonds. The van der Waals surface area contributed by atoms with Gasteiger partial charge in [0.1, 0.15) is 0 Å². The van der Waals surface area contributed by atoms with Crippen LogP contribution in [0.5, 0.6) is 0 Å². The van der Waals surface area contributed by atoms with Crippen LogP contribution in [0.2, 0.25) is 0 Å². The lowest BCUT2D eigenvalue weighted by molar-refractivity contribution is -0.137. The second-order valence-corrected chi connectivity index (χ2v) is 6.07. The summed E-state index contributed by atoms with van der Waals surface area (Å²) in [6, 6.07) is 12.1. The lowest BCUT2D eigenvalue weighted by Crippen LogP contribution is -2.36. The lowest BCUT2D eigenvalue weighted by atomic mass is 10.1. The van der Waals surface area contributed by atoms with E-state index in [-0.39, 0.29) is 12.3 Å². The van der Waals surface area contributed by atoms with Crippen LogP contribution in [0.1, 0.15) is 11.1 Å². The Hall–Kier alpha value is -2.54. The summed E-state index contributed by atoms with van der Waals surface area (Å²) < 4.78 is 42.9. The molecule has 0 radical (unpaired) electrons. The number of nitrogens with one attached hydrogen (secondary N) is 1. The average Bonchev–Trinajstić information content (AvgIpc) is 2.63. The standard InChI is InChI=1S/C19H19F3N2O2/c20-19(21,22)15-3-5-16(6-4-15)23-18(25)13-14-1-7-17(8-2-14)24-9-11-26-12-10-24/h1-8H,9-13H2,(H,23,25). The van der Waals surface area contributed by atoms with Crippen LogP contribution in [0.25, 0.3) is 0 Å². The number of hydrogen-bond donors (Lipinski definition) is 1. The predicted octanol–water partition coefficient (Wildman–Crippen LogP) is 3.72. The number of rotatable bonds is 4. The average molecular weight is 364 g/mol. The zero-order valence-corrected chi connectivity index (χ0v) is 14.1. The van der Waals surface area contributed by atoms with Crippen molar-refractivity contribution in [1.29, 1.82) is 0 Å². The molecule has 26 heavy (non-hydrogen) atoms. The van der Waals surface area contributed by atoms with Crippen LogP contribution in [-0.4, -0.2) is 32.2 Å². The molecule has 0 aliphatic carbocycles. The number of alkyl halides is 3. The fraction of sp³-hybridized carbons (Fsp3) is 0.316. The Labute approximate surface area is 149 Å². The molecule has 1 N–H and O–H groups in total. The molecule has 138 valence electrons. The zero-order valence-electron chi connectivity index (χ0n) is 14.1. The van der Waals surface area contributed by atoms with Gasteiger partial charge in [-0.1, -0.05) is 12.1 Å². The number of carbonyl (C=O) groups excluding carboxylic acids is 1. The van der Waals surface area contributed by atoms with E-state index in [1.165, 1.54) is 12.1 Å². The van der Waals surface area contributed by atoms with E-state index in [1.807, 2.05) is 24.3 Å². The maximum Gasteiger partial charge on any atom is 0.416 e. The number of benzene rings is 2. The van der Waals surface area contributed by atoms with E-state index >= 15 is 0 Å². The van der Waals surface area contributed by atoms with Crippen molar-refractivity contribution in [3.8, 4) is 0 Å². The molecule has 0 aromatic heterocycles. The van der Waals surface area contributed by atoms with Gasteiger partial charge in [-0.25, -0.2) is 0 Å². The molecule has 1 saturated heterocycles. The number of carbonyl (C=O) groups is 1. The molecule has 0 unspecified atom stereocenters. The first-order chi connectivity index (χ1) is 12.4. The smallest absolute Gasteiger partial charge is 0.378 e. The summed E-state index contributed by atoms with van der Waals surface area (Å²) in [6.07, 6.45) is -4.23. The molecular formula is C19H19F3N2O2. The van der Waals surface area contributed by atoms with Gasteiger partial charge in [-0.2, -0.15) is 13.2 Å². The Balaban J connectivity index is 1.56. The lowest BCUT2D eigenvalue weighted by Gasteiger charge is -2.28. The predicted molar refractivity (Wildman–Crippen MR) is 93.3 cm³/mol. The molecule has 2 aromatic carbocycles. The second kappa shape index (κ2) is 7.78. The molecule has 2 aromatic rings. The molecular weight excluding hydrogens is 345 g/mol. The minimum absolute atomic E-state index is 0.157. The number of halogens is 3. The zero-order chi connectivity index (χ0) is 18.6. The third-order valence-corrected chi connectivity index (χ3v) is 4.17. The highest BCUT2D eigenvalue weighted by Crippen LogP contribution is 2.29. The van der Waals surface area contributed by atoms with Crippen LogP contribution in [0.3, 0.4) is 0 Å². The van der Waals surface area contributed by atoms with E-state index in [0.29, 0.717) is 18.9 Å². The van der Waals surface area contributed by atoms with Gasteiger partial charge in [-0.05, 0) is 42.0 Å². The van der Waals surface area contributed by atoms with E-state index in [2.05, 4.69) is 10.2 Å². The summed E-state index contributed by atoms with van der Waals surface area (Å²) in [5, 5.41) is 2.61. The van der Waals surface area contributed by atoms with Crippen LogP contribution in [0, 0.1) is 0 Å². The molecule has 1 fully saturated rings. The molecule has 0 bridgehead atoms. The normalized spacial score (nSPS) is 15.0. The Morgan fingerprint density at radius 3 is 2.19 bits per heavy atom. The summed E-state index contributed by atoms with van der Waals surface area (Å²) in [7, 11) is 0. The van der Waals surface area contributed by atoms with Crippen molar-refractivity contribution >= 4 is 17.3 Å². The summed E-state index contributed by atoms with van der Waals surface area (Å²) >= 11 is 0. The third kappa shape index (κ3) is 4.76. The van der Waals surface area contributed by atoms with Crippen molar-refractivity contribution < 1.29 is 22.7 Å². The van der Waals surface area contributed by atoms with Gasteiger partial charge in [0.2, 0.25) is 5.91 Å². The quantitative estimate of drug-likeness (QED) is 0.899. The van der Waals surface area contributed by atoms with Crippen LogP contribution in [0.15, 0.2) is 48.5 Å². The third-order valence-electron chi connectivity index (χ3n) is 4.17. The Kier molecular flexibility index (Phi) is 5.46. The van der Waals surface area contributed by atoms with Gasteiger partial charge in [0.15, 0.2) is 0 Å². The van der Waals surface area contributed by atoms with Gasteiger partial charge in [0.25, 0.3) is 0 Å². The molecule has 0 spiro atoms. The van der Waals surface area contributed by atoms with Crippen molar-refractivity contribution in [2.45, 2.75) is 12.6 Å². The van der Waals surface area contributed by atoms with Crippen molar-refractivity contribution in [1.82, 2.24) is 0 Å². The van der Waals surface area contributed by atoms with E-state index in [1.54, 1.807) is 0 Å². The van der Waals surface area contributed by atoms with Crippen LogP contribution < -0.4 is 10.2 Å². The van der Waals surface area contributed by atoms with Crippen molar-refractivity contribution in [2.24, 2.45) is 0 Å².